The van der Waals surface area contributed by atoms with Gasteiger partial charge in [-0.2, -0.15) is 26.3 Å². The van der Waals surface area contributed by atoms with Gasteiger partial charge >= 0.3 is 11.0 Å². The van der Waals surface area contributed by atoms with Crippen molar-refractivity contribution < 1.29 is 39.6 Å². The number of hydrogen-bond acceptors (Lipinski definition) is 3. The predicted octanol–water partition coefficient (Wildman–Crippen LogP) is 2.04. The number of alkyl halides is 6. The summed E-state index contributed by atoms with van der Waals surface area (Å²) in [6.07, 6.45) is 0. The maximum Gasteiger partial charge on any atom is 0.475 e. The van der Waals surface area contributed by atoms with Gasteiger partial charge in [-0.1, -0.05) is 0 Å². The summed E-state index contributed by atoms with van der Waals surface area (Å²) in [7, 11) is -7.38. The molecule has 0 aliphatic rings. The van der Waals surface area contributed by atoms with Crippen LogP contribution in [0.5, 0.6) is 0 Å². The van der Waals surface area contributed by atoms with Gasteiger partial charge in [-0.3, -0.25) is 4.79 Å². The number of carbonyl (C=O) groups excluding carboxylic acids is 1. The standard InChI is InChI=1S/C9H5F6NO3S2/c10-8(11,12)20(18)5-1-4(7(16)17)2-6(3-5)21(19)9(13,14)15/h1-3H,(H2,16,17)/t20-,21+. The van der Waals surface area contributed by atoms with Gasteiger partial charge in [0.25, 0.3) is 0 Å². The smallest absolute Gasteiger partial charge is 0.366 e. The molecule has 12 heteroatoms. The van der Waals surface area contributed by atoms with E-state index in [9.17, 15) is 39.6 Å². The second-order valence-corrected chi connectivity index (χ2v) is 6.43. The molecule has 0 fully saturated rings. The van der Waals surface area contributed by atoms with Crippen LogP contribution >= 0.6 is 0 Å². The Morgan fingerprint density at radius 1 is 0.857 bits per heavy atom. The molecule has 4 nitrogen and oxygen atoms in total. The minimum Gasteiger partial charge on any atom is -0.366 e. The molecule has 0 saturated carbocycles. The summed E-state index contributed by atoms with van der Waals surface area (Å²) in [5.74, 6) is -1.35. The first-order chi connectivity index (χ1) is 9.34. The lowest BCUT2D eigenvalue weighted by molar-refractivity contribution is -0.0389. The van der Waals surface area contributed by atoms with Crippen LogP contribution in [0.4, 0.5) is 26.3 Å². The fourth-order valence-electron chi connectivity index (χ4n) is 1.20. The molecule has 0 spiro atoms. The molecule has 1 amide bonds. The van der Waals surface area contributed by atoms with Crippen molar-refractivity contribution in [1.82, 2.24) is 0 Å². The third kappa shape index (κ3) is 4.27. The molecule has 2 N–H and O–H groups in total. The lowest BCUT2D eigenvalue weighted by Gasteiger charge is -2.11. The van der Waals surface area contributed by atoms with Crippen molar-refractivity contribution >= 4 is 27.5 Å². The SMILES string of the molecule is NC(=O)c1cc([S@@](=O)C(F)(F)F)cc([S@](=O)C(F)(F)F)c1. The molecule has 0 aromatic heterocycles. The van der Waals surface area contributed by atoms with Gasteiger partial charge in [0.1, 0.15) is 0 Å². The number of rotatable bonds is 3. The molecule has 0 radical (unpaired) electrons. The Bertz CT molecular complexity index is 581. The third-order valence-corrected chi connectivity index (χ3v) is 4.18. The lowest BCUT2D eigenvalue weighted by atomic mass is 10.2. The fraction of sp³-hybridized carbons (Fsp3) is 0.222. The fourth-order valence-corrected chi connectivity index (χ4v) is 2.74. The van der Waals surface area contributed by atoms with E-state index >= 15 is 0 Å². The quantitative estimate of drug-likeness (QED) is 0.845. The van der Waals surface area contributed by atoms with Gasteiger partial charge < -0.3 is 5.73 Å². The number of halogens is 6. The van der Waals surface area contributed by atoms with Gasteiger partial charge in [-0.25, -0.2) is 8.42 Å². The molecule has 0 bridgehead atoms. The van der Waals surface area contributed by atoms with E-state index in [0.29, 0.717) is 12.1 Å². The van der Waals surface area contributed by atoms with Gasteiger partial charge in [-0.15, -0.1) is 0 Å². The Morgan fingerprint density at radius 3 is 1.43 bits per heavy atom. The van der Waals surface area contributed by atoms with Crippen LogP contribution in [0, 0.1) is 0 Å². The predicted molar refractivity (Wildman–Crippen MR) is 59.9 cm³/mol. The average Bonchev–Trinajstić information content (AvgIpc) is 2.34. The average molecular weight is 353 g/mol. The van der Waals surface area contributed by atoms with Crippen LogP contribution < -0.4 is 5.73 Å². The first-order valence-electron chi connectivity index (χ1n) is 4.76. The molecule has 0 aliphatic carbocycles. The van der Waals surface area contributed by atoms with E-state index in [4.69, 9.17) is 5.73 Å². The minimum absolute atomic E-state index is 0.208. The number of benzene rings is 1. The minimum atomic E-state index is -5.26. The van der Waals surface area contributed by atoms with Gasteiger partial charge in [-0.05, 0) is 18.2 Å². The van der Waals surface area contributed by atoms with Crippen LogP contribution in [0.15, 0.2) is 28.0 Å². The summed E-state index contributed by atoms with van der Waals surface area (Å²) in [5.41, 5.74) is -6.51. The van der Waals surface area contributed by atoms with Gasteiger partial charge in [0.05, 0.1) is 0 Å². The Balaban J connectivity index is 3.49. The molecule has 1 aromatic carbocycles. The third-order valence-electron chi connectivity index (χ3n) is 2.01. The molecular formula is C9H5F6NO3S2. The molecule has 0 heterocycles. The highest BCUT2D eigenvalue weighted by Crippen LogP contribution is 2.31. The Morgan fingerprint density at radius 2 is 1.19 bits per heavy atom. The van der Waals surface area contributed by atoms with Crippen molar-refractivity contribution in [3.8, 4) is 0 Å². The molecule has 0 aliphatic heterocycles. The van der Waals surface area contributed by atoms with E-state index < -0.39 is 53.9 Å². The van der Waals surface area contributed by atoms with Crippen LogP contribution in [-0.4, -0.2) is 25.3 Å². The number of carbonyl (C=O) groups is 1. The summed E-state index contributed by atoms with van der Waals surface area (Å²) < 4.78 is 96.2. The molecular weight excluding hydrogens is 348 g/mol. The normalized spacial score (nSPS) is 15.5. The molecule has 2 atom stereocenters. The van der Waals surface area contributed by atoms with E-state index in [1.165, 1.54) is 0 Å². The second kappa shape index (κ2) is 5.75. The first-order valence-corrected chi connectivity index (χ1v) is 7.06. The molecule has 0 unspecified atom stereocenters. The highest BCUT2D eigenvalue weighted by Gasteiger charge is 2.41. The van der Waals surface area contributed by atoms with Crippen molar-refractivity contribution in [3.63, 3.8) is 0 Å². The molecule has 118 valence electrons. The monoisotopic (exact) mass is 353 g/mol. The van der Waals surface area contributed by atoms with Crippen molar-refractivity contribution in [1.29, 1.82) is 0 Å². The zero-order chi connectivity index (χ0) is 16.6. The first kappa shape index (κ1) is 17.6. The number of hydrogen-bond donors (Lipinski definition) is 1. The summed E-state index contributed by atoms with van der Waals surface area (Å²) in [4.78, 5) is 8.62. The highest BCUT2D eigenvalue weighted by molar-refractivity contribution is 7.86. The molecule has 21 heavy (non-hydrogen) atoms. The number of amides is 1. The Labute approximate surface area is 118 Å². The maximum absolute atomic E-state index is 12.3. The highest BCUT2D eigenvalue weighted by atomic mass is 32.2. The van der Waals surface area contributed by atoms with Gasteiger partial charge in [0, 0.05) is 15.4 Å². The summed E-state index contributed by atoms with van der Waals surface area (Å²) in [5, 5.41) is 0. The molecule has 1 rings (SSSR count). The maximum atomic E-state index is 12.3. The Kier molecular flexibility index (Phi) is 4.83. The van der Waals surface area contributed by atoms with E-state index in [-0.39, 0.29) is 6.07 Å². The zero-order valence-corrected chi connectivity index (χ0v) is 11.3. The number of primary amides is 1. The Hall–Kier alpha value is -1.43. The lowest BCUT2D eigenvalue weighted by Crippen LogP contribution is -2.20. The second-order valence-electron chi connectivity index (χ2n) is 3.49. The van der Waals surface area contributed by atoms with Crippen LogP contribution in [0.3, 0.4) is 0 Å². The van der Waals surface area contributed by atoms with Crippen LogP contribution in [0.25, 0.3) is 0 Å². The summed E-state index contributed by atoms with van der Waals surface area (Å²) >= 11 is 0. The van der Waals surface area contributed by atoms with Crippen molar-refractivity contribution in [2.24, 2.45) is 5.73 Å². The van der Waals surface area contributed by atoms with Crippen molar-refractivity contribution in [2.45, 2.75) is 20.8 Å². The van der Waals surface area contributed by atoms with E-state index in [2.05, 4.69) is 0 Å². The number of nitrogens with two attached hydrogens (primary N) is 1. The zero-order valence-electron chi connectivity index (χ0n) is 9.62. The largest absolute Gasteiger partial charge is 0.475 e. The van der Waals surface area contributed by atoms with Gasteiger partial charge in [0.2, 0.25) is 5.91 Å². The summed E-state index contributed by atoms with van der Waals surface area (Å²) in [6, 6.07) is 1.08. The van der Waals surface area contributed by atoms with E-state index in [1.54, 1.807) is 0 Å². The molecule has 1 aromatic rings. The molecule has 0 saturated heterocycles. The van der Waals surface area contributed by atoms with Crippen LogP contribution in [0.2, 0.25) is 0 Å². The van der Waals surface area contributed by atoms with E-state index in [0.717, 1.165) is 0 Å². The van der Waals surface area contributed by atoms with Crippen LogP contribution in [0.1, 0.15) is 10.4 Å². The van der Waals surface area contributed by atoms with Crippen LogP contribution in [-0.2, 0) is 21.6 Å². The van der Waals surface area contributed by atoms with Crippen molar-refractivity contribution in [2.75, 3.05) is 0 Å². The topological polar surface area (TPSA) is 77.2 Å². The van der Waals surface area contributed by atoms with Gasteiger partial charge in [0.15, 0.2) is 21.6 Å². The van der Waals surface area contributed by atoms with Crippen molar-refractivity contribution in [3.05, 3.63) is 23.8 Å². The van der Waals surface area contributed by atoms with E-state index in [1.807, 2.05) is 0 Å². The summed E-state index contributed by atoms with van der Waals surface area (Å²) in [6.45, 7) is 0.